The monoisotopic (exact) mass is 591 g/mol. The van der Waals surface area contributed by atoms with E-state index in [-0.39, 0.29) is 23.5 Å². The van der Waals surface area contributed by atoms with Crippen molar-refractivity contribution in [2.75, 3.05) is 19.7 Å². The minimum atomic E-state index is -1.47. The maximum Gasteiger partial charge on any atom is 0.186 e. The largest absolute Gasteiger partial charge is 0.394 e. The summed E-state index contributed by atoms with van der Waals surface area (Å²) < 4.78 is 11.8. The summed E-state index contributed by atoms with van der Waals surface area (Å²) in [6.45, 7) is 8.49. The summed E-state index contributed by atoms with van der Waals surface area (Å²) in [6.07, 6.45) is 1.67. The lowest BCUT2D eigenvalue weighted by Gasteiger charge is -2.59. The molecule has 5 N–H and O–H groups in total. The van der Waals surface area contributed by atoms with Gasteiger partial charge in [0.2, 0.25) is 0 Å². The van der Waals surface area contributed by atoms with Crippen molar-refractivity contribution >= 4 is 5.78 Å². The van der Waals surface area contributed by atoms with Crippen LogP contribution in [0.1, 0.15) is 78.6 Å². The number of ether oxygens (including phenoxy) is 2. The quantitative estimate of drug-likeness (QED) is 0.310. The van der Waals surface area contributed by atoms with E-state index >= 15 is 0 Å². The fourth-order valence-corrected chi connectivity index (χ4v) is 11.8. The van der Waals surface area contributed by atoms with Crippen LogP contribution < -0.4 is 0 Å². The number of carbonyl (C=O) groups excluding carboxylic acids is 1. The summed E-state index contributed by atoms with van der Waals surface area (Å²) in [7, 11) is 0. The lowest BCUT2D eigenvalue weighted by molar-refractivity contribution is -0.315. The fraction of sp³-hybridized carbons (Fsp3) is 0.970. The molecule has 0 radical (unpaired) electrons. The van der Waals surface area contributed by atoms with E-state index < -0.39 is 42.9 Å². The van der Waals surface area contributed by atoms with Gasteiger partial charge in [-0.05, 0) is 105 Å². The molecule has 4 saturated carbocycles. The van der Waals surface area contributed by atoms with Gasteiger partial charge in [-0.1, -0.05) is 13.8 Å². The minimum Gasteiger partial charge on any atom is -0.394 e. The van der Waals surface area contributed by atoms with Gasteiger partial charge < -0.3 is 35.0 Å². The van der Waals surface area contributed by atoms with Crippen LogP contribution in [-0.2, 0) is 14.3 Å². The molecule has 238 valence electrons. The molecule has 0 amide bonds. The average molecular weight is 592 g/mol. The van der Waals surface area contributed by atoms with Gasteiger partial charge >= 0.3 is 0 Å². The van der Waals surface area contributed by atoms with Crippen LogP contribution in [-0.4, -0.2) is 104 Å². The second-order valence-corrected chi connectivity index (χ2v) is 16.0. The highest BCUT2D eigenvalue weighted by Gasteiger charge is 2.64. The maximum absolute atomic E-state index is 13.9. The van der Waals surface area contributed by atoms with Crippen LogP contribution in [0.2, 0.25) is 0 Å². The zero-order valence-corrected chi connectivity index (χ0v) is 25.6. The third kappa shape index (κ3) is 4.50. The second-order valence-electron chi connectivity index (χ2n) is 16.0. The highest BCUT2D eigenvalue weighted by Crippen LogP contribution is 2.66. The molecule has 0 spiro atoms. The van der Waals surface area contributed by atoms with Crippen molar-refractivity contribution in [3.63, 3.8) is 0 Å². The number of aliphatic hydroxyl groups is 5. The Morgan fingerprint density at radius 1 is 0.905 bits per heavy atom. The number of hydrogen-bond donors (Lipinski definition) is 5. The van der Waals surface area contributed by atoms with Crippen molar-refractivity contribution in [1.29, 1.82) is 0 Å². The number of fused-ring (bicyclic) bond motifs is 8. The molecule has 9 heteroatoms. The van der Waals surface area contributed by atoms with Gasteiger partial charge in [0.05, 0.1) is 18.3 Å². The number of piperidine rings is 2. The third-order valence-corrected chi connectivity index (χ3v) is 14.0. The molecule has 12 unspecified atom stereocenters. The number of ketones is 1. The van der Waals surface area contributed by atoms with E-state index in [0.717, 1.165) is 51.6 Å². The SMILES string of the molecule is CC1CCC2N(C1)CC1C3CC4C(CC(=O)C5CC(O[C@@H]6O[C@H](CO)[C@@H](O)[C@H](O)[C@H]6O)CCC54C)C3CCC1C2(C)O. The van der Waals surface area contributed by atoms with Crippen LogP contribution in [0.25, 0.3) is 0 Å². The number of hydrogen-bond acceptors (Lipinski definition) is 9. The summed E-state index contributed by atoms with van der Waals surface area (Å²) in [4.78, 5) is 16.5. The zero-order chi connectivity index (χ0) is 29.7. The van der Waals surface area contributed by atoms with Gasteiger partial charge in [0.1, 0.15) is 30.2 Å². The van der Waals surface area contributed by atoms with Crippen LogP contribution >= 0.6 is 0 Å². The predicted octanol–water partition coefficient (Wildman–Crippen LogP) is 1.71. The van der Waals surface area contributed by atoms with Gasteiger partial charge in [0, 0.05) is 31.5 Å². The van der Waals surface area contributed by atoms with Gasteiger partial charge in [0.25, 0.3) is 0 Å². The second kappa shape index (κ2) is 10.7. The van der Waals surface area contributed by atoms with Crippen molar-refractivity contribution in [2.45, 2.75) is 127 Å². The van der Waals surface area contributed by atoms with E-state index in [1.807, 2.05) is 0 Å². The first kappa shape index (κ1) is 30.0. The molecule has 0 aromatic carbocycles. The molecule has 7 fully saturated rings. The molecule has 4 aliphatic carbocycles. The number of Topliss-reactive ketones (excluding diaryl/α,β-unsaturated/α-hetero) is 1. The predicted molar refractivity (Wildman–Crippen MR) is 153 cm³/mol. The van der Waals surface area contributed by atoms with E-state index in [4.69, 9.17) is 9.47 Å². The molecule has 7 rings (SSSR count). The Morgan fingerprint density at radius 3 is 2.45 bits per heavy atom. The van der Waals surface area contributed by atoms with Crippen LogP contribution in [0.5, 0.6) is 0 Å². The molecule has 3 heterocycles. The molecule has 0 aromatic heterocycles. The molecule has 42 heavy (non-hydrogen) atoms. The summed E-state index contributed by atoms with van der Waals surface area (Å²) in [5.41, 5.74) is -0.745. The number of nitrogens with zero attached hydrogens (tertiary/aromatic N) is 1. The summed E-state index contributed by atoms with van der Waals surface area (Å²) in [5, 5.41) is 52.4. The van der Waals surface area contributed by atoms with Crippen LogP contribution in [0.4, 0.5) is 0 Å². The van der Waals surface area contributed by atoms with Crippen LogP contribution in [0.3, 0.4) is 0 Å². The first-order valence-electron chi connectivity index (χ1n) is 16.9. The Morgan fingerprint density at radius 2 is 1.69 bits per heavy atom. The van der Waals surface area contributed by atoms with E-state index in [1.165, 1.54) is 6.42 Å². The topological polar surface area (TPSA) is 140 Å². The summed E-state index contributed by atoms with van der Waals surface area (Å²) in [5.74, 6) is 3.79. The van der Waals surface area contributed by atoms with Crippen LogP contribution in [0, 0.1) is 52.8 Å². The Balaban J connectivity index is 1.07. The van der Waals surface area contributed by atoms with E-state index in [1.54, 1.807) is 0 Å². The van der Waals surface area contributed by atoms with E-state index in [9.17, 15) is 30.3 Å². The Kier molecular flexibility index (Phi) is 7.66. The molecular formula is C33H53NO8. The highest BCUT2D eigenvalue weighted by atomic mass is 16.7. The van der Waals surface area contributed by atoms with Crippen LogP contribution in [0.15, 0.2) is 0 Å². The molecule has 0 bridgehead atoms. The molecule has 7 aliphatic rings. The number of aliphatic hydroxyl groups excluding tert-OH is 4. The fourth-order valence-electron chi connectivity index (χ4n) is 11.8. The standard InChI is InChI=1S/C33H53NO8/c1-16-4-7-27-33(3,40)22-6-5-18-19(21(22)14-34(27)13-16)11-23-20(18)12-25(36)24-10-17(8-9-32(23,24)2)41-31-30(39)29(38)28(37)26(15-35)42-31/h16-24,26-31,35,37-40H,4-15H2,1-3H3/t16?,17?,18?,19?,20?,21?,22?,23?,24?,26-,27?,28-,29+,30-,31-,32?,33?/m1/s1. The summed E-state index contributed by atoms with van der Waals surface area (Å²) in [6, 6.07) is 0.276. The third-order valence-electron chi connectivity index (χ3n) is 14.0. The normalized spacial score (nSPS) is 57.9. The lowest BCUT2D eigenvalue weighted by atomic mass is 9.51. The van der Waals surface area contributed by atoms with Gasteiger partial charge in [-0.25, -0.2) is 0 Å². The van der Waals surface area contributed by atoms with Crippen molar-refractivity contribution in [3.05, 3.63) is 0 Å². The van der Waals surface area contributed by atoms with E-state index in [2.05, 4.69) is 25.7 Å². The Labute approximate surface area is 249 Å². The first-order valence-corrected chi connectivity index (χ1v) is 16.9. The van der Waals surface area contributed by atoms with Crippen molar-refractivity contribution in [3.8, 4) is 0 Å². The van der Waals surface area contributed by atoms with Gasteiger partial charge in [-0.15, -0.1) is 0 Å². The number of rotatable bonds is 3. The van der Waals surface area contributed by atoms with Crippen molar-refractivity contribution in [2.24, 2.45) is 52.8 Å². The van der Waals surface area contributed by atoms with Gasteiger partial charge in [-0.2, -0.15) is 0 Å². The van der Waals surface area contributed by atoms with E-state index in [0.29, 0.717) is 60.1 Å². The van der Waals surface area contributed by atoms with Crippen molar-refractivity contribution < 1.29 is 39.8 Å². The zero-order valence-electron chi connectivity index (χ0n) is 25.6. The highest BCUT2D eigenvalue weighted by molar-refractivity contribution is 5.83. The first-order chi connectivity index (χ1) is 19.9. The molecular weight excluding hydrogens is 538 g/mol. The Bertz CT molecular complexity index is 1040. The summed E-state index contributed by atoms with van der Waals surface area (Å²) >= 11 is 0. The van der Waals surface area contributed by atoms with Crippen molar-refractivity contribution in [1.82, 2.24) is 4.90 Å². The molecule has 3 saturated heterocycles. The molecule has 17 atom stereocenters. The lowest BCUT2D eigenvalue weighted by Crippen LogP contribution is -2.67. The van der Waals surface area contributed by atoms with Gasteiger partial charge in [-0.3, -0.25) is 9.69 Å². The Hall–Kier alpha value is -0.650. The number of carbonyl (C=O) groups is 1. The minimum absolute atomic E-state index is 0.0958. The average Bonchev–Trinajstić information content (AvgIpc) is 3.33. The molecule has 9 nitrogen and oxygen atoms in total. The van der Waals surface area contributed by atoms with Gasteiger partial charge in [0.15, 0.2) is 6.29 Å². The smallest absolute Gasteiger partial charge is 0.186 e. The maximum atomic E-state index is 13.9. The molecule has 3 aliphatic heterocycles. The molecule has 0 aromatic rings.